The highest BCUT2D eigenvalue weighted by molar-refractivity contribution is 14.0. The van der Waals surface area contributed by atoms with Gasteiger partial charge < -0.3 is 19.7 Å². The third kappa shape index (κ3) is 9.76. The van der Waals surface area contributed by atoms with Crippen molar-refractivity contribution in [3.63, 3.8) is 0 Å². The Morgan fingerprint density at radius 3 is 2.74 bits per heavy atom. The molecule has 6 heteroatoms. The quantitative estimate of drug-likeness (QED) is 0.235. The lowest BCUT2D eigenvalue weighted by Gasteiger charge is -2.21. The summed E-state index contributed by atoms with van der Waals surface area (Å²) in [5, 5.41) is 3.46. The van der Waals surface area contributed by atoms with Gasteiger partial charge >= 0.3 is 0 Å². The van der Waals surface area contributed by atoms with Crippen LogP contribution in [0.4, 0.5) is 0 Å². The Kier molecular flexibility index (Phi) is 12.7. The number of halogens is 1. The van der Waals surface area contributed by atoms with Crippen LogP contribution in [0.3, 0.4) is 0 Å². The van der Waals surface area contributed by atoms with Gasteiger partial charge in [-0.3, -0.25) is 4.99 Å². The highest BCUT2D eigenvalue weighted by atomic mass is 127. The Labute approximate surface area is 181 Å². The SMILES string of the molecule is CN=C(NCCCOCC(C)C)N1CCC(COCc2ccccc2)C1.I. The van der Waals surface area contributed by atoms with Crippen LogP contribution in [0.2, 0.25) is 0 Å². The van der Waals surface area contributed by atoms with Crippen molar-refractivity contribution < 1.29 is 9.47 Å². The highest BCUT2D eigenvalue weighted by Crippen LogP contribution is 2.17. The van der Waals surface area contributed by atoms with E-state index in [0.29, 0.717) is 18.4 Å². The third-order valence-corrected chi connectivity index (χ3v) is 4.46. The van der Waals surface area contributed by atoms with Gasteiger partial charge in [-0.2, -0.15) is 0 Å². The number of nitrogens with one attached hydrogen (secondary N) is 1. The van der Waals surface area contributed by atoms with Crippen LogP contribution in [0.5, 0.6) is 0 Å². The number of benzene rings is 1. The number of hydrogen-bond acceptors (Lipinski definition) is 3. The molecule has 154 valence electrons. The zero-order valence-corrected chi connectivity index (χ0v) is 19.4. The van der Waals surface area contributed by atoms with Crippen LogP contribution in [-0.4, -0.2) is 57.4 Å². The number of hydrogen-bond donors (Lipinski definition) is 1. The topological polar surface area (TPSA) is 46.1 Å². The van der Waals surface area contributed by atoms with E-state index in [1.54, 1.807) is 0 Å². The van der Waals surface area contributed by atoms with Crippen molar-refractivity contribution >= 4 is 29.9 Å². The summed E-state index contributed by atoms with van der Waals surface area (Å²) in [7, 11) is 1.86. The molecule has 1 N–H and O–H groups in total. The van der Waals surface area contributed by atoms with Crippen molar-refractivity contribution in [1.29, 1.82) is 0 Å². The summed E-state index contributed by atoms with van der Waals surface area (Å²) in [6.45, 7) is 10.5. The van der Waals surface area contributed by atoms with Crippen LogP contribution in [0, 0.1) is 11.8 Å². The molecule has 1 saturated heterocycles. The standard InChI is InChI=1S/C21H35N3O2.HI/c1-18(2)15-25-13-7-11-23-21(22-3)24-12-10-20(14-24)17-26-16-19-8-5-4-6-9-19;/h4-6,8-9,18,20H,7,10-17H2,1-3H3,(H,22,23);1H. The van der Waals surface area contributed by atoms with Gasteiger partial charge in [-0.25, -0.2) is 0 Å². The van der Waals surface area contributed by atoms with E-state index in [4.69, 9.17) is 9.47 Å². The Morgan fingerprint density at radius 2 is 2.04 bits per heavy atom. The zero-order valence-electron chi connectivity index (χ0n) is 17.0. The summed E-state index contributed by atoms with van der Waals surface area (Å²) in [4.78, 5) is 6.77. The molecule has 0 amide bonds. The molecule has 27 heavy (non-hydrogen) atoms. The largest absolute Gasteiger partial charge is 0.381 e. The fourth-order valence-electron chi connectivity index (χ4n) is 3.10. The van der Waals surface area contributed by atoms with E-state index in [1.165, 1.54) is 5.56 Å². The number of aliphatic imine (C=N–C) groups is 1. The van der Waals surface area contributed by atoms with Crippen LogP contribution in [0.15, 0.2) is 35.3 Å². The molecule has 1 aromatic carbocycles. The van der Waals surface area contributed by atoms with Gasteiger partial charge in [0.15, 0.2) is 5.96 Å². The fourth-order valence-corrected chi connectivity index (χ4v) is 3.10. The molecule has 0 radical (unpaired) electrons. The van der Waals surface area contributed by atoms with E-state index in [2.05, 4.69) is 53.3 Å². The Hall–Kier alpha value is -0.860. The first-order chi connectivity index (χ1) is 12.7. The molecule has 1 heterocycles. The lowest BCUT2D eigenvalue weighted by atomic mass is 10.1. The first-order valence-electron chi connectivity index (χ1n) is 9.84. The second kappa shape index (κ2) is 14.2. The maximum absolute atomic E-state index is 5.91. The molecule has 0 spiro atoms. The van der Waals surface area contributed by atoms with Crippen molar-refractivity contribution in [3.05, 3.63) is 35.9 Å². The summed E-state index contributed by atoms with van der Waals surface area (Å²) in [6.07, 6.45) is 2.16. The van der Waals surface area contributed by atoms with E-state index in [-0.39, 0.29) is 24.0 Å². The molecule has 0 saturated carbocycles. The van der Waals surface area contributed by atoms with Crippen LogP contribution in [0.25, 0.3) is 0 Å². The fraction of sp³-hybridized carbons (Fsp3) is 0.667. The molecular weight excluding hydrogens is 453 g/mol. The maximum Gasteiger partial charge on any atom is 0.193 e. The van der Waals surface area contributed by atoms with Crippen LogP contribution >= 0.6 is 24.0 Å². The van der Waals surface area contributed by atoms with Crippen LogP contribution < -0.4 is 5.32 Å². The average molecular weight is 489 g/mol. The second-order valence-corrected chi connectivity index (χ2v) is 7.40. The van der Waals surface area contributed by atoms with Gasteiger partial charge in [0, 0.05) is 45.8 Å². The molecule has 0 aliphatic carbocycles. The summed E-state index contributed by atoms with van der Waals surface area (Å²) in [6, 6.07) is 10.4. The number of nitrogens with zero attached hydrogens (tertiary/aromatic N) is 2. The predicted molar refractivity (Wildman–Crippen MR) is 123 cm³/mol. The van der Waals surface area contributed by atoms with Gasteiger partial charge in [0.25, 0.3) is 0 Å². The molecule has 1 unspecified atom stereocenters. The van der Waals surface area contributed by atoms with Crippen LogP contribution in [-0.2, 0) is 16.1 Å². The molecular formula is C21H36IN3O2. The number of rotatable bonds is 10. The smallest absolute Gasteiger partial charge is 0.193 e. The molecule has 0 bridgehead atoms. The summed E-state index contributed by atoms with van der Waals surface area (Å²) in [5.74, 6) is 2.17. The summed E-state index contributed by atoms with van der Waals surface area (Å²) < 4.78 is 11.5. The molecule has 0 aromatic heterocycles. The Bertz CT molecular complexity index is 525. The van der Waals surface area contributed by atoms with Gasteiger partial charge in [-0.15, -0.1) is 24.0 Å². The molecule has 5 nitrogen and oxygen atoms in total. The molecule has 1 fully saturated rings. The number of guanidine groups is 1. The van der Waals surface area contributed by atoms with Crippen molar-refractivity contribution in [2.75, 3.05) is 46.5 Å². The van der Waals surface area contributed by atoms with Gasteiger partial charge in [0.05, 0.1) is 13.2 Å². The normalized spacial score (nSPS) is 17.3. The zero-order chi connectivity index (χ0) is 18.6. The van der Waals surface area contributed by atoms with Gasteiger partial charge in [0.1, 0.15) is 0 Å². The monoisotopic (exact) mass is 489 g/mol. The second-order valence-electron chi connectivity index (χ2n) is 7.40. The summed E-state index contributed by atoms with van der Waals surface area (Å²) >= 11 is 0. The number of ether oxygens (including phenoxy) is 2. The average Bonchev–Trinajstić information content (AvgIpc) is 3.10. The first-order valence-corrected chi connectivity index (χ1v) is 9.84. The Balaban J connectivity index is 0.00000364. The van der Waals surface area contributed by atoms with Gasteiger partial charge in [-0.1, -0.05) is 44.2 Å². The number of likely N-dealkylation sites (tertiary alicyclic amines) is 1. The van der Waals surface area contributed by atoms with Gasteiger partial charge in [-0.05, 0) is 24.3 Å². The third-order valence-electron chi connectivity index (χ3n) is 4.46. The maximum atomic E-state index is 5.91. The molecule has 1 atom stereocenters. The van der Waals surface area contributed by atoms with E-state index < -0.39 is 0 Å². The van der Waals surface area contributed by atoms with Crippen molar-refractivity contribution in [2.24, 2.45) is 16.8 Å². The molecule has 1 aromatic rings. The minimum atomic E-state index is 0. The highest BCUT2D eigenvalue weighted by Gasteiger charge is 2.24. The van der Waals surface area contributed by atoms with Crippen molar-refractivity contribution in [2.45, 2.75) is 33.3 Å². The van der Waals surface area contributed by atoms with E-state index >= 15 is 0 Å². The minimum absolute atomic E-state index is 0. The lowest BCUT2D eigenvalue weighted by molar-refractivity contribution is 0.0906. The predicted octanol–water partition coefficient (Wildman–Crippen LogP) is 3.78. The van der Waals surface area contributed by atoms with Crippen molar-refractivity contribution in [3.8, 4) is 0 Å². The van der Waals surface area contributed by atoms with E-state index in [1.807, 2.05) is 13.1 Å². The first kappa shape index (κ1) is 24.2. The lowest BCUT2D eigenvalue weighted by Crippen LogP contribution is -2.40. The molecule has 1 aliphatic heterocycles. The molecule has 1 aliphatic rings. The van der Waals surface area contributed by atoms with E-state index in [0.717, 1.165) is 58.3 Å². The van der Waals surface area contributed by atoms with Crippen molar-refractivity contribution in [1.82, 2.24) is 10.2 Å². The minimum Gasteiger partial charge on any atom is -0.381 e. The summed E-state index contributed by atoms with van der Waals surface area (Å²) in [5.41, 5.74) is 1.24. The van der Waals surface area contributed by atoms with Crippen LogP contribution in [0.1, 0.15) is 32.3 Å². The molecule has 2 rings (SSSR count). The van der Waals surface area contributed by atoms with E-state index in [9.17, 15) is 0 Å². The van der Waals surface area contributed by atoms with Gasteiger partial charge in [0.2, 0.25) is 0 Å². The Morgan fingerprint density at radius 1 is 1.26 bits per heavy atom.